The molecule has 3 rings (SSSR count). The Bertz CT molecular complexity index is 581. The minimum Gasteiger partial charge on any atom is -0.383 e. The van der Waals surface area contributed by atoms with E-state index in [0.29, 0.717) is 23.2 Å². The van der Waals surface area contributed by atoms with E-state index in [1.165, 1.54) is 18.0 Å². The fourth-order valence-electron chi connectivity index (χ4n) is 4.27. The van der Waals surface area contributed by atoms with Gasteiger partial charge in [0.05, 0.1) is 11.5 Å². The van der Waals surface area contributed by atoms with Crippen LogP contribution in [-0.4, -0.2) is 70.7 Å². The summed E-state index contributed by atoms with van der Waals surface area (Å²) in [5.74, 6) is 0.0447. The van der Waals surface area contributed by atoms with Crippen molar-refractivity contribution in [3.63, 3.8) is 0 Å². The quantitative estimate of drug-likeness (QED) is 0.831. The number of aromatic nitrogens is 2. The Kier molecular flexibility index (Phi) is 5.22. The molecule has 24 heavy (non-hydrogen) atoms. The maximum Gasteiger partial charge on any atom is 0.275 e. The average molecular weight is 353 g/mol. The summed E-state index contributed by atoms with van der Waals surface area (Å²) >= 11 is 1.30. The van der Waals surface area contributed by atoms with E-state index >= 15 is 0 Å². The zero-order valence-electron chi connectivity index (χ0n) is 15.1. The van der Waals surface area contributed by atoms with Gasteiger partial charge in [0.15, 0.2) is 5.69 Å². The van der Waals surface area contributed by atoms with Gasteiger partial charge in [-0.3, -0.25) is 9.69 Å². The van der Waals surface area contributed by atoms with Crippen LogP contribution in [0, 0.1) is 12.3 Å². The van der Waals surface area contributed by atoms with Gasteiger partial charge >= 0.3 is 0 Å². The summed E-state index contributed by atoms with van der Waals surface area (Å²) in [6.45, 7) is 10.0. The van der Waals surface area contributed by atoms with Crippen LogP contribution >= 0.6 is 11.5 Å². The molecule has 3 heterocycles. The molecule has 134 valence electrons. The molecule has 1 unspecified atom stereocenters. The largest absolute Gasteiger partial charge is 0.383 e. The molecule has 0 bridgehead atoms. The number of piperidine rings is 1. The first kappa shape index (κ1) is 17.8. The molecular weight excluding hydrogens is 324 g/mol. The Morgan fingerprint density at radius 1 is 1.42 bits per heavy atom. The van der Waals surface area contributed by atoms with Gasteiger partial charge in [-0.05, 0) is 57.0 Å². The lowest BCUT2D eigenvalue weighted by molar-refractivity contribution is 0.0575. The highest BCUT2D eigenvalue weighted by atomic mass is 32.1. The van der Waals surface area contributed by atoms with Gasteiger partial charge in [0, 0.05) is 38.8 Å². The summed E-state index contributed by atoms with van der Waals surface area (Å²) in [6.07, 6.45) is 3.32. The number of rotatable bonds is 4. The van der Waals surface area contributed by atoms with Gasteiger partial charge in [-0.1, -0.05) is 4.49 Å². The summed E-state index contributed by atoms with van der Waals surface area (Å²) in [6, 6.07) is 1.04. The lowest BCUT2D eigenvalue weighted by Crippen LogP contribution is -2.45. The number of ether oxygens (including phenoxy) is 1. The maximum atomic E-state index is 12.6. The number of likely N-dealkylation sites (tertiary alicyclic amines) is 2. The molecule has 2 aliphatic heterocycles. The maximum absolute atomic E-state index is 12.6. The molecule has 0 N–H and O–H groups in total. The predicted octanol–water partition coefficient (Wildman–Crippen LogP) is 2.20. The molecule has 1 atom stereocenters. The molecule has 1 amide bonds. The molecule has 1 spiro atoms. The van der Waals surface area contributed by atoms with Crippen molar-refractivity contribution < 1.29 is 9.53 Å². The van der Waals surface area contributed by atoms with Gasteiger partial charge in [0.1, 0.15) is 0 Å². The van der Waals surface area contributed by atoms with Crippen molar-refractivity contribution in [1.82, 2.24) is 19.4 Å². The van der Waals surface area contributed by atoms with E-state index < -0.39 is 0 Å². The fourth-order valence-corrected chi connectivity index (χ4v) is 4.73. The topological polar surface area (TPSA) is 58.6 Å². The van der Waals surface area contributed by atoms with Crippen molar-refractivity contribution in [3.05, 3.63) is 10.6 Å². The zero-order chi connectivity index (χ0) is 17.3. The highest BCUT2D eigenvalue weighted by Gasteiger charge is 2.46. The molecule has 2 aliphatic rings. The second kappa shape index (κ2) is 7.06. The molecule has 0 aliphatic carbocycles. The third-order valence-electron chi connectivity index (χ3n) is 5.64. The molecule has 0 saturated carbocycles. The van der Waals surface area contributed by atoms with Crippen molar-refractivity contribution >= 4 is 17.4 Å². The van der Waals surface area contributed by atoms with Crippen LogP contribution in [0.2, 0.25) is 0 Å². The highest BCUT2D eigenvalue weighted by molar-refractivity contribution is 7.05. The zero-order valence-corrected chi connectivity index (χ0v) is 15.9. The van der Waals surface area contributed by atoms with Gasteiger partial charge < -0.3 is 9.64 Å². The Labute approximate surface area is 148 Å². The Hall–Kier alpha value is -1.05. The minimum absolute atomic E-state index is 0.0447. The number of aryl methyl sites for hydroxylation is 1. The monoisotopic (exact) mass is 352 g/mol. The van der Waals surface area contributed by atoms with Gasteiger partial charge in [0.2, 0.25) is 0 Å². The van der Waals surface area contributed by atoms with E-state index in [1.54, 1.807) is 7.11 Å². The summed E-state index contributed by atoms with van der Waals surface area (Å²) < 4.78 is 9.33. The van der Waals surface area contributed by atoms with Crippen LogP contribution in [0.4, 0.5) is 0 Å². The Morgan fingerprint density at radius 2 is 2.12 bits per heavy atom. The second-order valence-electron chi connectivity index (χ2n) is 7.55. The standard InChI is InChI=1S/C17H28N4O2S/c1-12(2)21-11-17(9-14(21)10-23-4)5-7-20(8-6-17)16(22)15-13(3)24-19-18-15/h12,14H,5-11H2,1-4H3. The van der Waals surface area contributed by atoms with Gasteiger partial charge in [-0.2, -0.15) is 0 Å². The van der Waals surface area contributed by atoms with Crippen LogP contribution < -0.4 is 0 Å². The van der Waals surface area contributed by atoms with Gasteiger partial charge in [-0.25, -0.2) is 0 Å². The lowest BCUT2D eigenvalue weighted by atomic mass is 9.76. The molecule has 1 aromatic heterocycles. The summed E-state index contributed by atoms with van der Waals surface area (Å²) in [7, 11) is 1.79. The molecule has 6 nitrogen and oxygen atoms in total. The Balaban J connectivity index is 1.64. The first-order valence-corrected chi connectivity index (χ1v) is 9.56. The number of hydrogen-bond acceptors (Lipinski definition) is 6. The molecule has 0 radical (unpaired) electrons. The normalized spacial score (nSPS) is 24.2. The molecule has 7 heteroatoms. The minimum atomic E-state index is 0.0447. The third-order valence-corrected chi connectivity index (χ3v) is 6.27. The number of methoxy groups -OCH3 is 1. The number of carbonyl (C=O) groups excluding carboxylic acids is 1. The van der Waals surface area contributed by atoms with Crippen LogP contribution in [0.25, 0.3) is 0 Å². The number of hydrogen-bond donors (Lipinski definition) is 0. The summed E-state index contributed by atoms with van der Waals surface area (Å²) in [5, 5.41) is 4.00. The van der Waals surface area contributed by atoms with E-state index in [4.69, 9.17) is 4.74 Å². The first-order chi connectivity index (χ1) is 11.5. The lowest BCUT2D eigenvalue weighted by Gasteiger charge is -2.39. The average Bonchev–Trinajstić information content (AvgIpc) is 3.12. The van der Waals surface area contributed by atoms with Gasteiger partial charge in [0.25, 0.3) is 5.91 Å². The molecule has 1 aromatic rings. The molecule has 2 saturated heterocycles. The van der Waals surface area contributed by atoms with E-state index in [2.05, 4.69) is 28.3 Å². The van der Waals surface area contributed by atoms with Crippen LogP contribution in [0.3, 0.4) is 0 Å². The summed E-state index contributed by atoms with van der Waals surface area (Å²) in [5.41, 5.74) is 0.864. The van der Waals surface area contributed by atoms with Crippen molar-refractivity contribution in [2.24, 2.45) is 5.41 Å². The van der Waals surface area contributed by atoms with E-state index in [0.717, 1.165) is 44.0 Å². The third kappa shape index (κ3) is 3.34. The molecule has 2 fully saturated rings. The van der Waals surface area contributed by atoms with E-state index in [9.17, 15) is 4.79 Å². The summed E-state index contributed by atoms with van der Waals surface area (Å²) in [4.78, 5) is 18.1. The SMILES string of the molecule is COCC1CC2(CCN(C(=O)c3nnsc3C)CC2)CN1C(C)C. The number of nitrogens with zero attached hydrogens (tertiary/aromatic N) is 4. The molecule has 0 aromatic carbocycles. The molecular formula is C17H28N4O2S. The van der Waals surface area contributed by atoms with Crippen LogP contribution in [-0.2, 0) is 4.74 Å². The van der Waals surface area contributed by atoms with Crippen molar-refractivity contribution in [2.75, 3.05) is 33.4 Å². The van der Waals surface area contributed by atoms with Crippen LogP contribution in [0.5, 0.6) is 0 Å². The number of amides is 1. The van der Waals surface area contributed by atoms with Gasteiger partial charge in [-0.15, -0.1) is 5.10 Å². The highest BCUT2D eigenvalue weighted by Crippen LogP contribution is 2.44. The predicted molar refractivity (Wildman–Crippen MR) is 94.3 cm³/mol. The smallest absolute Gasteiger partial charge is 0.275 e. The van der Waals surface area contributed by atoms with E-state index in [1.807, 2.05) is 11.8 Å². The Morgan fingerprint density at radius 3 is 2.67 bits per heavy atom. The second-order valence-corrected chi connectivity index (χ2v) is 8.51. The fraction of sp³-hybridized carbons (Fsp3) is 0.824. The van der Waals surface area contributed by atoms with Crippen molar-refractivity contribution in [3.8, 4) is 0 Å². The van der Waals surface area contributed by atoms with Crippen LogP contribution in [0.1, 0.15) is 48.5 Å². The van der Waals surface area contributed by atoms with Crippen molar-refractivity contribution in [2.45, 2.75) is 52.1 Å². The van der Waals surface area contributed by atoms with Crippen molar-refractivity contribution in [1.29, 1.82) is 0 Å². The van der Waals surface area contributed by atoms with E-state index in [-0.39, 0.29) is 5.91 Å². The van der Waals surface area contributed by atoms with Crippen LogP contribution in [0.15, 0.2) is 0 Å². The first-order valence-electron chi connectivity index (χ1n) is 8.79. The number of carbonyl (C=O) groups is 1.